The van der Waals surface area contributed by atoms with Gasteiger partial charge < -0.3 is 10.2 Å². The lowest BCUT2D eigenvalue weighted by molar-refractivity contribution is -0.132. The highest BCUT2D eigenvalue weighted by Crippen LogP contribution is 2.26. The number of hydrogen-bond donors (Lipinski definition) is 2. The molecule has 0 spiro atoms. The van der Waals surface area contributed by atoms with Gasteiger partial charge in [0, 0.05) is 29.8 Å². The highest BCUT2D eigenvalue weighted by molar-refractivity contribution is 7.88. The summed E-state index contributed by atoms with van der Waals surface area (Å²) in [6.45, 7) is 4.28. The maximum atomic E-state index is 12.7. The summed E-state index contributed by atoms with van der Waals surface area (Å²) in [5, 5.41) is 3.40. The number of anilines is 1. The van der Waals surface area contributed by atoms with Gasteiger partial charge in [-0.25, -0.2) is 13.1 Å². The molecular weight excluding hydrogens is 438 g/mol. The zero-order chi connectivity index (χ0) is 22.6. The van der Waals surface area contributed by atoms with E-state index in [0.29, 0.717) is 23.6 Å². The number of nitrogens with one attached hydrogen (secondary N) is 2. The van der Waals surface area contributed by atoms with Crippen LogP contribution in [0.15, 0.2) is 48.5 Å². The van der Waals surface area contributed by atoms with Gasteiger partial charge in [0.15, 0.2) is 0 Å². The number of nitrogens with zero attached hydrogens (tertiary/aromatic N) is 1. The number of amides is 2. The minimum Gasteiger partial charge on any atom is -0.351 e. The third kappa shape index (κ3) is 6.29. The third-order valence-electron chi connectivity index (χ3n) is 4.92. The molecule has 1 aliphatic rings. The van der Waals surface area contributed by atoms with Crippen molar-refractivity contribution in [2.24, 2.45) is 5.92 Å². The summed E-state index contributed by atoms with van der Waals surface area (Å²) in [5.41, 5.74) is 2.21. The molecule has 1 heterocycles. The van der Waals surface area contributed by atoms with E-state index in [0.717, 1.165) is 11.3 Å². The Balaban J connectivity index is 1.54. The topological polar surface area (TPSA) is 95.6 Å². The third-order valence-corrected chi connectivity index (χ3v) is 6.72. The van der Waals surface area contributed by atoms with E-state index in [1.165, 1.54) is 0 Å². The molecule has 0 aliphatic carbocycles. The van der Waals surface area contributed by atoms with Crippen LogP contribution >= 0.6 is 11.6 Å². The summed E-state index contributed by atoms with van der Waals surface area (Å²) in [6.07, 6.45) is 0.451. The van der Waals surface area contributed by atoms with E-state index in [2.05, 4.69) is 10.0 Å². The zero-order valence-corrected chi connectivity index (χ0v) is 19.0. The highest BCUT2D eigenvalue weighted by Gasteiger charge is 2.37. The highest BCUT2D eigenvalue weighted by atomic mass is 35.5. The van der Waals surface area contributed by atoms with Crippen LogP contribution < -0.4 is 14.9 Å². The largest absolute Gasteiger partial charge is 0.351 e. The van der Waals surface area contributed by atoms with E-state index in [9.17, 15) is 18.0 Å². The average Bonchev–Trinajstić information content (AvgIpc) is 3.08. The molecule has 3 rings (SSSR count). The molecule has 2 amide bonds. The molecule has 0 aromatic heterocycles. The first-order chi connectivity index (χ1) is 14.6. The van der Waals surface area contributed by atoms with Gasteiger partial charge in [-0.05, 0) is 55.7 Å². The molecule has 1 saturated heterocycles. The predicted octanol–water partition coefficient (Wildman–Crippen LogP) is 2.84. The van der Waals surface area contributed by atoms with Crippen LogP contribution in [0.5, 0.6) is 0 Å². The Kier molecular flexibility index (Phi) is 7.35. The van der Waals surface area contributed by atoms with Gasteiger partial charge in [-0.15, -0.1) is 0 Å². The van der Waals surface area contributed by atoms with Crippen molar-refractivity contribution >= 4 is 39.1 Å². The molecule has 0 saturated carbocycles. The molecule has 2 aromatic rings. The number of sulfonamides is 1. The van der Waals surface area contributed by atoms with E-state index >= 15 is 0 Å². The Hall–Kier alpha value is -2.42. The van der Waals surface area contributed by atoms with Gasteiger partial charge in [0.1, 0.15) is 5.92 Å². The first kappa shape index (κ1) is 23.2. The van der Waals surface area contributed by atoms with Gasteiger partial charge in [0.2, 0.25) is 21.8 Å². The smallest absolute Gasteiger partial charge is 0.239 e. The molecule has 2 N–H and O–H groups in total. The summed E-state index contributed by atoms with van der Waals surface area (Å²) in [6, 6.07) is 13.8. The molecule has 1 aliphatic heterocycles. The average molecular weight is 464 g/mol. The fourth-order valence-corrected chi connectivity index (χ4v) is 5.05. The van der Waals surface area contributed by atoms with Crippen molar-refractivity contribution in [3.63, 3.8) is 0 Å². The van der Waals surface area contributed by atoms with Gasteiger partial charge in [-0.1, -0.05) is 35.9 Å². The van der Waals surface area contributed by atoms with E-state index in [1.807, 2.05) is 0 Å². The summed E-state index contributed by atoms with van der Waals surface area (Å²) in [5.74, 6) is -1.36. The van der Waals surface area contributed by atoms with Crippen LogP contribution in [0.4, 0.5) is 5.69 Å². The Labute approximate surface area is 187 Å². The summed E-state index contributed by atoms with van der Waals surface area (Å²) < 4.78 is 26.6. The van der Waals surface area contributed by atoms with Crippen LogP contribution in [0, 0.1) is 5.92 Å². The number of benzene rings is 2. The Morgan fingerprint density at radius 1 is 1.10 bits per heavy atom. The van der Waals surface area contributed by atoms with Crippen LogP contribution in [0.3, 0.4) is 0 Å². The van der Waals surface area contributed by atoms with Gasteiger partial charge in [0.25, 0.3) is 0 Å². The molecule has 0 bridgehead atoms. The van der Waals surface area contributed by atoms with Crippen LogP contribution in [-0.4, -0.2) is 32.8 Å². The fourth-order valence-electron chi connectivity index (χ4n) is 3.49. The lowest BCUT2D eigenvalue weighted by Gasteiger charge is -2.17. The molecular formula is C22H26ClN3O4S. The molecule has 0 radical (unpaired) electrons. The second-order valence-electron chi connectivity index (χ2n) is 7.87. The van der Waals surface area contributed by atoms with Gasteiger partial charge in [-0.2, -0.15) is 0 Å². The van der Waals surface area contributed by atoms with Crippen LogP contribution in [0.25, 0.3) is 0 Å². The lowest BCUT2D eigenvalue weighted by Crippen LogP contribution is -2.36. The second-order valence-corrected chi connectivity index (χ2v) is 10.1. The van der Waals surface area contributed by atoms with Crippen molar-refractivity contribution in [3.05, 3.63) is 64.7 Å². The monoisotopic (exact) mass is 463 g/mol. The van der Waals surface area contributed by atoms with Gasteiger partial charge in [0.05, 0.1) is 5.75 Å². The zero-order valence-electron chi connectivity index (χ0n) is 17.5. The number of carbonyl (C=O) groups excluding carboxylic acids is 2. The van der Waals surface area contributed by atoms with Crippen molar-refractivity contribution in [3.8, 4) is 0 Å². The summed E-state index contributed by atoms with van der Waals surface area (Å²) in [7, 11) is -3.39. The van der Waals surface area contributed by atoms with Gasteiger partial charge >= 0.3 is 0 Å². The minimum atomic E-state index is -3.39. The SMILES string of the molecule is CC(C)NS(=O)(=O)Cc1ccc(CNC(=O)C2CCN(c3ccc(Cl)cc3)C2=O)cc1. The van der Waals surface area contributed by atoms with Crippen molar-refractivity contribution in [1.29, 1.82) is 0 Å². The molecule has 1 atom stereocenters. The molecule has 2 aromatic carbocycles. The van der Waals surface area contributed by atoms with Crippen LogP contribution in [0.2, 0.25) is 5.02 Å². The van der Waals surface area contributed by atoms with Gasteiger partial charge in [-0.3, -0.25) is 9.59 Å². The van der Waals surface area contributed by atoms with Crippen molar-refractivity contribution in [1.82, 2.24) is 10.0 Å². The summed E-state index contributed by atoms with van der Waals surface area (Å²) in [4.78, 5) is 26.8. The van der Waals surface area contributed by atoms with E-state index in [4.69, 9.17) is 11.6 Å². The fraction of sp³-hybridized carbons (Fsp3) is 0.364. The van der Waals surface area contributed by atoms with E-state index < -0.39 is 15.9 Å². The Bertz CT molecular complexity index is 1040. The molecule has 166 valence electrons. The summed E-state index contributed by atoms with van der Waals surface area (Å²) >= 11 is 5.89. The van der Waals surface area contributed by atoms with Crippen molar-refractivity contribution in [2.75, 3.05) is 11.4 Å². The van der Waals surface area contributed by atoms with Crippen LogP contribution in [-0.2, 0) is 31.9 Å². The van der Waals surface area contributed by atoms with Crippen molar-refractivity contribution in [2.45, 2.75) is 38.6 Å². The number of rotatable bonds is 8. The first-order valence-electron chi connectivity index (χ1n) is 10.1. The second kappa shape index (κ2) is 9.80. The Morgan fingerprint density at radius 3 is 2.32 bits per heavy atom. The predicted molar refractivity (Wildman–Crippen MR) is 121 cm³/mol. The molecule has 1 fully saturated rings. The molecule has 31 heavy (non-hydrogen) atoms. The molecule has 1 unspecified atom stereocenters. The number of hydrogen-bond acceptors (Lipinski definition) is 4. The lowest BCUT2D eigenvalue weighted by atomic mass is 10.1. The standard InChI is InChI=1S/C22H26ClN3O4S/c1-15(2)25-31(29,30)14-17-5-3-16(4-6-17)13-24-21(27)20-11-12-26(22(20)28)19-9-7-18(23)8-10-19/h3-10,15,20,25H,11-14H2,1-2H3,(H,24,27). The first-order valence-corrected chi connectivity index (χ1v) is 12.1. The van der Waals surface area contributed by atoms with E-state index in [1.54, 1.807) is 67.3 Å². The Morgan fingerprint density at radius 2 is 1.71 bits per heavy atom. The maximum absolute atomic E-state index is 12.7. The molecule has 9 heteroatoms. The molecule has 7 nitrogen and oxygen atoms in total. The number of carbonyl (C=O) groups is 2. The quantitative estimate of drug-likeness (QED) is 0.588. The normalized spacial score (nSPS) is 16.7. The van der Waals surface area contributed by atoms with Crippen molar-refractivity contribution < 1.29 is 18.0 Å². The number of halogens is 1. The maximum Gasteiger partial charge on any atom is 0.239 e. The van der Waals surface area contributed by atoms with Crippen LogP contribution in [0.1, 0.15) is 31.4 Å². The minimum absolute atomic E-state index is 0.102. The van der Waals surface area contributed by atoms with E-state index in [-0.39, 0.29) is 30.2 Å².